The van der Waals surface area contributed by atoms with Crippen molar-refractivity contribution in [2.75, 3.05) is 18.8 Å². The van der Waals surface area contributed by atoms with Crippen molar-refractivity contribution >= 4 is 17.4 Å². The van der Waals surface area contributed by atoms with Crippen molar-refractivity contribution in [3.05, 3.63) is 61.9 Å². The molecular weight excluding hydrogens is 348 g/mol. The number of Topliss-reactive ketones (excluding diaryl/α,β-unsaturated/α-hetero) is 1. The van der Waals surface area contributed by atoms with Gasteiger partial charge >= 0.3 is 5.69 Å². The molecule has 1 fully saturated rings. The molecule has 0 saturated carbocycles. The maximum absolute atomic E-state index is 13.1. The molecular formula is C19H20N4O4. The zero-order valence-electron chi connectivity index (χ0n) is 14.7. The minimum atomic E-state index is -0.783. The van der Waals surface area contributed by atoms with Gasteiger partial charge in [0, 0.05) is 24.1 Å². The third kappa shape index (κ3) is 2.77. The Morgan fingerprint density at radius 1 is 1.04 bits per heavy atom. The van der Waals surface area contributed by atoms with Gasteiger partial charge in [-0.05, 0) is 31.2 Å². The maximum Gasteiger partial charge on any atom is 0.326 e. The highest BCUT2D eigenvalue weighted by Gasteiger charge is 2.45. The molecule has 1 aliphatic heterocycles. The molecule has 1 aromatic heterocycles. The van der Waals surface area contributed by atoms with E-state index in [9.17, 15) is 19.2 Å². The Morgan fingerprint density at radius 3 is 2.48 bits per heavy atom. The molecule has 0 bridgehead atoms. The molecule has 8 nitrogen and oxygen atoms in total. The number of aromatic amines is 2. The van der Waals surface area contributed by atoms with Gasteiger partial charge in [-0.2, -0.15) is 0 Å². The van der Waals surface area contributed by atoms with Gasteiger partial charge < -0.3 is 15.6 Å². The summed E-state index contributed by atoms with van der Waals surface area (Å²) < 4.78 is 0. The van der Waals surface area contributed by atoms with Crippen LogP contribution in [-0.4, -0.2) is 39.6 Å². The fraction of sp³-hybridized carbons (Fsp3) is 0.368. The highest BCUT2D eigenvalue weighted by Crippen LogP contribution is 2.43. The van der Waals surface area contributed by atoms with E-state index in [1.165, 1.54) is 0 Å². The van der Waals surface area contributed by atoms with Crippen LogP contribution in [0.4, 0.5) is 5.69 Å². The summed E-state index contributed by atoms with van der Waals surface area (Å²) in [6.07, 6.45) is 2.73. The lowest BCUT2D eigenvalue weighted by molar-refractivity contribution is 0.0454. The van der Waals surface area contributed by atoms with Gasteiger partial charge in [-0.3, -0.25) is 19.4 Å². The number of aryl methyl sites for hydroxylation is 1. The summed E-state index contributed by atoms with van der Waals surface area (Å²) in [5, 5.41) is 0. The largest absolute Gasteiger partial charge is 0.392 e. The lowest BCUT2D eigenvalue weighted by atomic mass is 9.65. The first-order valence-electron chi connectivity index (χ1n) is 8.95. The molecule has 140 valence electrons. The second-order valence-corrected chi connectivity index (χ2v) is 7.26. The van der Waals surface area contributed by atoms with Crippen LogP contribution in [0.3, 0.4) is 0 Å². The van der Waals surface area contributed by atoms with Crippen molar-refractivity contribution in [3.63, 3.8) is 0 Å². The molecule has 1 amide bonds. The highest BCUT2D eigenvalue weighted by molar-refractivity contribution is 6.03. The molecule has 8 heteroatoms. The van der Waals surface area contributed by atoms with E-state index in [1.54, 1.807) is 4.90 Å². The first-order valence-corrected chi connectivity index (χ1v) is 8.95. The standard InChI is InChI=1S/C19H20N4O4/c20-13-14(21-18(27)22-16(13)25)17(26)23-9-7-19(8-10-23)6-5-11-3-1-2-4-12(11)15(19)24/h1-4H,5-10,20H2,(H2,21,22,25,27). The number of rotatable bonds is 1. The van der Waals surface area contributed by atoms with Gasteiger partial charge in [-0.15, -0.1) is 0 Å². The van der Waals surface area contributed by atoms with Crippen molar-refractivity contribution in [3.8, 4) is 0 Å². The van der Waals surface area contributed by atoms with Gasteiger partial charge in [0.05, 0.1) is 0 Å². The number of amides is 1. The normalized spacial score (nSPS) is 18.4. The van der Waals surface area contributed by atoms with Crippen molar-refractivity contribution < 1.29 is 9.59 Å². The molecule has 1 saturated heterocycles. The van der Waals surface area contributed by atoms with E-state index in [1.807, 2.05) is 29.2 Å². The smallest absolute Gasteiger partial charge is 0.326 e. The van der Waals surface area contributed by atoms with Crippen LogP contribution in [0.15, 0.2) is 33.9 Å². The lowest BCUT2D eigenvalue weighted by Gasteiger charge is -2.43. The van der Waals surface area contributed by atoms with Crippen LogP contribution in [0.25, 0.3) is 0 Å². The predicted molar refractivity (Wildman–Crippen MR) is 98.8 cm³/mol. The molecule has 27 heavy (non-hydrogen) atoms. The van der Waals surface area contributed by atoms with E-state index in [-0.39, 0.29) is 17.2 Å². The average Bonchev–Trinajstić information content (AvgIpc) is 2.68. The van der Waals surface area contributed by atoms with Gasteiger partial charge in [-0.25, -0.2) is 4.79 Å². The van der Waals surface area contributed by atoms with Crippen LogP contribution in [0.1, 0.15) is 45.7 Å². The average molecular weight is 368 g/mol. The fourth-order valence-corrected chi connectivity index (χ4v) is 4.17. The summed E-state index contributed by atoms with van der Waals surface area (Å²) >= 11 is 0. The highest BCUT2D eigenvalue weighted by atomic mass is 16.2. The van der Waals surface area contributed by atoms with Crippen molar-refractivity contribution in [2.45, 2.75) is 25.7 Å². The Labute approximate surface area is 154 Å². The molecule has 1 aliphatic carbocycles. The van der Waals surface area contributed by atoms with Crippen LogP contribution in [0.2, 0.25) is 0 Å². The number of aromatic nitrogens is 2. The summed E-state index contributed by atoms with van der Waals surface area (Å²) in [4.78, 5) is 54.7. The van der Waals surface area contributed by atoms with E-state index >= 15 is 0 Å². The Kier molecular flexibility index (Phi) is 3.98. The molecule has 2 heterocycles. The molecule has 4 N–H and O–H groups in total. The minimum absolute atomic E-state index is 0.153. The number of fused-ring (bicyclic) bond motifs is 1. The van der Waals surface area contributed by atoms with Gasteiger partial charge in [0.2, 0.25) is 0 Å². The molecule has 1 spiro atoms. The zero-order valence-corrected chi connectivity index (χ0v) is 14.7. The number of nitrogens with two attached hydrogens (primary N) is 1. The Bertz CT molecular complexity index is 1040. The summed E-state index contributed by atoms with van der Waals surface area (Å²) in [6.45, 7) is 0.752. The van der Waals surface area contributed by atoms with E-state index in [0.29, 0.717) is 25.9 Å². The summed E-state index contributed by atoms with van der Waals surface area (Å²) in [7, 11) is 0. The van der Waals surface area contributed by atoms with Gasteiger partial charge in [0.1, 0.15) is 11.4 Å². The number of likely N-dealkylation sites (tertiary alicyclic amines) is 1. The number of nitrogens with one attached hydrogen (secondary N) is 2. The molecule has 0 radical (unpaired) electrons. The molecule has 0 unspecified atom stereocenters. The molecule has 2 aliphatic rings. The van der Waals surface area contributed by atoms with Crippen LogP contribution < -0.4 is 17.0 Å². The number of nitrogen functional groups attached to an aromatic ring is 1. The third-order valence-corrected chi connectivity index (χ3v) is 5.82. The number of H-pyrrole nitrogens is 2. The van der Waals surface area contributed by atoms with Crippen LogP contribution in [0, 0.1) is 5.41 Å². The number of anilines is 1. The Balaban J connectivity index is 1.55. The van der Waals surface area contributed by atoms with Crippen LogP contribution >= 0.6 is 0 Å². The molecule has 4 rings (SSSR count). The van der Waals surface area contributed by atoms with E-state index < -0.39 is 22.6 Å². The molecule has 0 atom stereocenters. The van der Waals surface area contributed by atoms with Gasteiger partial charge in [0.15, 0.2) is 5.78 Å². The van der Waals surface area contributed by atoms with Crippen molar-refractivity contribution in [1.82, 2.24) is 14.9 Å². The van der Waals surface area contributed by atoms with Crippen LogP contribution in [0.5, 0.6) is 0 Å². The molecule has 1 aromatic carbocycles. The minimum Gasteiger partial charge on any atom is -0.392 e. The quantitative estimate of drug-likeness (QED) is 0.682. The van der Waals surface area contributed by atoms with Crippen molar-refractivity contribution in [2.24, 2.45) is 5.41 Å². The predicted octanol–water partition coefficient (Wildman–Crippen LogP) is 0.697. The second-order valence-electron chi connectivity index (χ2n) is 7.26. The number of carbonyl (C=O) groups excluding carboxylic acids is 2. The van der Waals surface area contributed by atoms with Gasteiger partial charge in [0.25, 0.3) is 11.5 Å². The first kappa shape index (κ1) is 17.3. The number of hydrogen-bond acceptors (Lipinski definition) is 5. The van der Waals surface area contributed by atoms with E-state index in [2.05, 4.69) is 4.98 Å². The zero-order chi connectivity index (χ0) is 19.2. The second kappa shape index (κ2) is 6.22. The topological polar surface area (TPSA) is 129 Å². The van der Waals surface area contributed by atoms with E-state index in [4.69, 9.17) is 5.73 Å². The Hall–Kier alpha value is -3.16. The van der Waals surface area contributed by atoms with E-state index in [0.717, 1.165) is 24.0 Å². The fourth-order valence-electron chi connectivity index (χ4n) is 4.17. The number of nitrogens with zero attached hydrogens (tertiary/aromatic N) is 1. The summed E-state index contributed by atoms with van der Waals surface area (Å²) in [5.74, 6) is -0.338. The van der Waals surface area contributed by atoms with Crippen LogP contribution in [-0.2, 0) is 6.42 Å². The lowest BCUT2D eigenvalue weighted by Crippen LogP contribution is -2.49. The number of hydrogen-bond donors (Lipinski definition) is 3. The maximum atomic E-state index is 13.1. The number of ketones is 1. The number of carbonyl (C=O) groups is 2. The summed E-state index contributed by atoms with van der Waals surface area (Å²) in [6, 6.07) is 7.68. The number of benzene rings is 1. The van der Waals surface area contributed by atoms with Gasteiger partial charge in [-0.1, -0.05) is 24.3 Å². The monoisotopic (exact) mass is 368 g/mol. The third-order valence-electron chi connectivity index (χ3n) is 5.82. The first-order chi connectivity index (χ1) is 12.9. The summed E-state index contributed by atoms with van der Waals surface area (Å²) in [5.41, 5.74) is 5.02. The van der Waals surface area contributed by atoms with Crippen molar-refractivity contribution in [1.29, 1.82) is 0 Å². The number of piperidine rings is 1. The molecule has 2 aromatic rings. The SMILES string of the molecule is Nc1c(C(=O)N2CCC3(CCc4ccccc4C3=O)CC2)[nH]c(=O)[nH]c1=O. The Morgan fingerprint density at radius 2 is 1.74 bits per heavy atom.